The van der Waals surface area contributed by atoms with Gasteiger partial charge < -0.3 is 4.55 Å². The molecule has 0 aliphatic heterocycles. The minimum atomic E-state index is -1.09. The third-order valence-electron chi connectivity index (χ3n) is 1.88. The number of rotatable bonds is 3. The molecule has 1 atom stereocenters. The fraction of sp³-hybridized carbons (Fsp3) is 0.455. The van der Waals surface area contributed by atoms with Crippen LogP contribution in [0.5, 0.6) is 0 Å². The zero-order chi connectivity index (χ0) is 11.5. The Morgan fingerprint density at radius 3 is 2.27 bits per heavy atom. The molecule has 0 amide bonds. The summed E-state index contributed by atoms with van der Waals surface area (Å²) in [5, 5.41) is 0. The maximum absolute atomic E-state index is 12.6. The Hall–Kier alpha value is -0.580. The second-order valence-corrected chi connectivity index (χ2v) is 6.38. The molecular weight excluding hydrogens is 213 g/mol. The fourth-order valence-corrected chi connectivity index (χ4v) is 1.70. The van der Waals surface area contributed by atoms with Gasteiger partial charge in [-0.15, -0.1) is 4.72 Å². The van der Waals surface area contributed by atoms with Crippen LogP contribution in [-0.4, -0.2) is 9.30 Å². The molecule has 4 heteroatoms. The number of hydrogen-bond acceptors (Lipinski definition) is 2. The van der Waals surface area contributed by atoms with Crippen LogP contribution < -0.4 is 4.72 Å². The zero-order valence-corrected chi connectivity index (χ0v) is 10.0. The molecule has 0 heterocycles. The van der Waals surface area contributed by atoms with Gasteiger partial charge in [0.1, 0.15) is 10.6 Å². The van der Waals surface area contributed by atoms with E-state index < -0.39 is 11.4 Å². The van der Waals surface area contributed by atoms with Crippen molar-refractivity contribution in [3.05, 3.63) is 35.6 Å². The van der Waals surface area contributed by atoms with Gasteiger partial charge in [-0.2, -0.15) is 0 Å². The van der Waals surface area contributed by atoms with Crippen LogP contribution in [-0.2, 0) is 17.9 Å². The average Bonchev–Trinajstić information content (AvgIpc) is 2.15. The molecule has 1 rings (SSSR count). The van der Waals surface area contributed by atoms with Crippen LogP contribution in [0.2, 0.25) is 0 Å². The topological polar surface area (TPSA) is 35.1 Å². The molecule has 1 unspecified atom stereocenters. The fourth-order valence-electron chi connectivity index (χ4n) is 0.968. The summed E-state index contributed by atoms with van der Waals surface area (Å²) < 4.78 is 26.9. The van der Waals surface area contributed by atoms with Crippen molar-refractivity contribution in [2.75, 3.05) is 0 Å². The SMILES string of the molecule is CC(C)(C)[S+]([O-])NCc1ccc(F)cc1. The van der Waals surface area contributed by atoms with E-state index >= 15 is 0 Å². The van der Waals surface area contributed by atoms with E-state index in [0.717, 1.165) is 5.56 Å². The summed E-state index contributed by atoms with van der Waals surface area (Å²) in [6.07, 6.45) is 0. The third kappa shape index (κ3) is 4.20. The standard InChI is InChI=1S/C11H16FNOS/c1-11(2,3)15(14)13-8-9-4-6-10(12)7-5-9/h4-7,13H,8H2,1-3H3. The maximum atomic E-state index is 12.6. The Morgan fingerprint density at radius 1 is 1.27 bits per heavy atom. The highest BCUT2D eigenvalue weighted by Crippen LogP contribution is 2.13. The van der Waals surface area contributed by atoms with Crippen LogP contribution in [0.15, 0.2) is 24.3 Å². The first kappa shape index (κ1) is 12.5. The highest BCUT2D eigenvalue weighted by Gasteiger charge is 2.25. The Balaban J connectivity index is 2.47. The van der Waals surface area contributed by atoms with Gasteiger partial charge in [-0.25, -0.2) is 4.39 Å². The molecule has 0 aliphatic rings. The molecule has 0 aromatic heterocycles. The van der Waals surface area contributed by atoms with E-state index in [1.165, 1.54) is 12.1 Å². The number of benzene rings is 1. The summed E-state index contributed by atoms with van der Waals surface area (Å²) >= 11 is -1.09. The Morgan fingerprint density at radius 2 is 1.80 bits per heavy atom. The first-order chi connectivity index (χ1) is 6.89. The number of halogens is 1. The van der Waals surface area contributed by atoms with Crippen molar-refractivity contribution in [1.29, 1.82) is 0 Å². The minimum Gasteiger partial charge on any atom is -0.598 e. The van der Waals surface area contributed by atoms with Gasteiger partial charge in [0.25, 0.3) is 0 Å². The van der Waals surface area contributed by atoms with E-state index in [2.05, 4.69) is 4.72 Å². The van der Waals surface area contributed by atoms with Gasteiger partial charge in [0, 0.05) is 11.4 Å². The average molecular weight is 229 g/mol. The normalized spacial score (nSPS) is 13.9. The quantitative estimate of drug-likeness (QED) is 0.808. The molecule has 0 saturated carbocycles. The van der Waals surface area contributed by atoms with Gasteiger partial charge in [-0.05, 0) is 38.5 Å². The van der Waals surface area contributed by atoms with Crippen molar-refractivity contribution in [2.24, 2.45) is 0 Å². The minimum absolute atomic E-state index is 0.254. The molecule has 1 N–H and O–H groups in total. The molecule has 1 aromatic carbocycles. The lowest BCUT2D eigenvalue weighted by Crippen LogP contribution is -2.38. The molecule has 84 valence electrons. The molecule has 2 nitrogen and oxygen atoms in total. The van der Waals surface area contributed by atoms with E-state index in [1.54, 1.807) is 12.1 Å². The Bertz CT molecular complexity index is 307. The predicted molar refractivity (Wildman–Crippen MR) is 61.1 cm³/mol. The molecule has 0 radical (unpaired) electrons. The largest absolute Gasteiger partial charge is 0.598 e. The second-order valence-electron chi connectivity index (χ2n) is 4.33. The number of nitrogens with one attached hydrogen (secondary N) is 1. The highest BCUT2D eigenvalue weighted by atomic mass is 32.2. The molecular formula is C11H16FNOS. The van der Waals surface area contributed by atoms with Crippen LogP contribution in [0.3, 0.4) is 0 Å². The Kier molecular flexibility index (Phi) is 4.13. The Labute approximate surface area is 93.2 Å². The molecule has 0 saturated heterocycles. The number of hydrogen-bond donors (Lipinski definition) is 1. The zero-order valence-electron chi connectivity index (χ0n) is 9.21. The first-order valence-electron chi connectivity index (χ1n) is 4.79. The van der Waals surface area contributed by atoms with Crippen LogP contribution in [0.1, 0.15) is 26.3 Å². The van der Waals surface area contributed by atoms with Crippen LogP contribution in [0.25, 0.3) is 0 Å². The van der Waals surface area contributed by atoms with E-state index in [1.807, 2.05) is 20.8 Å². The van der Waals surface area contributed by atoms with Gasteiger partial charge in [-0.3, -0.25) is 0 Å². The van der Waals surface area contributed by atoms with Crippen molar-refractivity contribution in [3.8, 4) is 0 Å². The van der Waals surface area contributed by atoms with E-state index in [0.29, 0.717) is 6.54 Å². The van der Waals surface area contributed by atoms with Crippen molar-refractivity contribution >= 4 is 11.4 Å². The lowest BCUT2D eigenvalue weighted by atomic mass is 10.2. The molecule has 15 heavy (non-hydrogen) atoms. The van der Waals surface area contributed by atoms with E-state index in [-0.39, 0.29) is 10.6 Å². The highest BCUT2D eigenvalue weighted by molar-refractivity contribution is 7.90. The molecule has 0 aliphatic carbocycles. The van der Waals surface area contributed by atoms with Crippen LogP contribution in [0, 0.1) is 5.82 Å². The van der Waals surface area contributed by atoms with E-state index in [4.69, 9.17) is 0 Å². The summed E-state index contributed by atoms with van der Waals surface area (Å²) in [6.45, 7) is 6.20. The predicted octanol–water partition coefficient (Wildman–Crippen LogP) is 2.38. The van der Waals surface area contributed by atoms with Gasteiger partial charge in [-0.1, -0.05) is 12.1 Å². The van der Waals surface area contributed by atoms with Gasteiger partial charge in [0.15, 0.2) is 0 Å². The molecule has 0 fully saturated rings. The van der Waals surface area contributed by atoms with Crippen molar-refractivity contribution in [2.45, 2.75) is 32.1 Å². The van der Waals surface area contributed by atoms with Gasteiger partial charge in [0.05, 0.1) is 6.54 Å². The summed E-state index contributed by atoms with van der Waals surface area (Å²) in [6, 6.07) is 6.17. The second kappa shape index (κ2) is 4.96. The molecule has 0 spiro atoms. The van der Waals surface area contributed by atoms with Crippen molar-refractivity contribution < 1.29 is 8.94 Å². The smallest absolute Gasteiger partial charge is 0.136 e. The van der Waals surface area contributed by atoms with Gasteiger partial charge >= 0.3 is 0 Å². The first-order valence-corrected chi connectivity index (χ1v) is 5.94. The van der Waals surface area contributed by atoms with Gasteiger partial charge in [0.2, 0.25) is 0 Å². The lowest BCUT2D eigenvalue weighted by molar-refractivity contribution is 0.544. The maximum Gasteiger partial charge on any atom is 0.136 e. The molecule has 0 bridgehead atoms. The van der Waals surface area contributed by atoms with Crippen molar-refractivity contribution in [1.82, 2.24) is 4.72 Å². The third-order valence-corrected chi connectivity index (χ3v) is 3.40. The van der Waals surface area contributed by atoms with E-state index in [9.17, 15) is 8.94 Å². The monoisotopic (exact) mass is 229 g/mol. The van der Waals surface area contributed by atoms with Crippen molar-refractivity contribution in [3.63, 3.8) is 0 Å². The summed E-state index contributed by atoms with van der Waals surface area (Å²) in [5.41, 5.74) is 0.925. The lowest BCUT2D eigenvalue weighted by Gasteiger charge is -2.23. The molecule has 1 aromatic rings. The van der Waals surface area contributed by atoms with Crippen LogP contribution in [0.4, 0.5) is 4.39 Å². The summed E-state index contributed by atoms with van der Waals surface area (Å²) in [4.78, 5) is 0. The van der Waals surface area contributed by atoms with Crippen LogP contribution >= 0.6 is 0 Å². The summed E-state index contributed by atoms with van der Waals surface area (Å²) in [5.74, 6) is -0.254. The summed E-state index contributed by atoms with van der Waals surface area (Å²) in [7, 11) is 0.